The number of nitrogens with zero attached hydrogens (tertiary/aromatic N) is 9. The van der Waals surface area contributed by atoms with Gasteiger partial charge in [-0.3, -0.25) is 52.7 Å². The minimum absolute atomic E-state index is 0.0299. The van der Waals surface area contributed by atoms with Gasteiger partial charge in [-0.2, -0.15) is 13.2 Å². The van der Waals surface area contributed by atoms with Gasteiger partial charge in [0.1, 0.15) is 53.9 Å². The Hall–Kier alpha value is -6.79. The van der Waals surface area contributed by atoms with Crippen LogP contribution in [0.25, 0.3) is 0 Å². The first-order valence-electron chi connectivity index (χ1n) is 31.0. The van der Waals surface area contributed by atoms with Crippen LogP contribution >= 0.6 is 11.6 Å². The van der Waals surface area contributed by atoms with Crippen molar-refractivity contribution < 1.29 is 65.9 Å². The molecule has 26 heteroatoms. The lowest BCUT2D eigenvalue weighted by Crippen LogP contribution is -2.64. The van der Waals surface area contributed by atoms with E-state index in [9.17, 15) is 65.9 Å². The Morgan fingerprint density at radius 1 is 0.685 bits per heavy atom. The fourth-order valence-corrected chi connectivity index (χ4v) is 12.6. The van der Waals surface area contributed by atoms with E-state index < -0.39 is 154 Å². The number of carbonyl (C=O) groups is 11. The van der Waals surface area contributed by atoms with Gasteiger partial charge in [0, 0.05) is 74.9 Å². The molecule has 3 aliphatic heterocycles. The standard InChI is InChI=1S/C63H95ClF3N11O11/c1-17-37(4)51-59(87)73(13)40(7)54(82)78-31-29-47(78)57(85)74(14)48(34-41-22-19-18-20-23-41)56(84)70(10)35-49(79)68-45(28-26-42-25-27-43(44(64)33-42)63(65,66)67)55(83)77-30-21-24-46(77)58(86)76(16)62(8,9)61(89)75(15)52(36(2)3)60(88)71(11)38(5)32-50(80)72(12)39(6)53(81)69-51/h25,27,33,36,38-41,45-48,51-52H,4,17-24,26,28-32,34-35H2,1-3,5-16H3,(H,68,79)(H,69,81)/t38-,39+,40+,45+,46+,47+,48+,51+,52+/m1/s1. The molecule has 2 N–H and O–H groups in total. The van der Waals surface area contributed by atoms with E-state index in [0.717, 1.165) is 54.0 Å². The van der Waals surface area contributed by atoms with E-state index in [1.54, 1.807) is 27.7 Å². The first-order valence-corrected chi connectivity index (χ1v) is 31.4. The van der Waals surface area contributed by atoms with Gasteiger partial charge in [-0.05, 0) is 115 Å². The maximum absolute atomic E-state index is 15.0. The molecule has 5 rings (SSSR count). The van der Waals surface area contributed by atoms with Crippen molar-refractivity contribution in [2.75, 3.05) is 69.0 Å². The lowest BCUT2D eigenvalue weighted by molar-refractivity contribution is -0.160. The summed E-state index contributed by atoms with van der Waals surface area (Å²) in [6.45, 7) is 16.4. The average molecular weight is 1270 g/mol. The van der Waals surface area contributed by atoms with Gasteiger partial charge >= 0.3 is 6.18 Å². The summed E-state index contributed by atoms with van der Waals surface area (Å²) in [5.41, 5.74) is -2.11. The normalized spacial score (nSPS) is 27.7. The molecule has 1 aromatic rings. The van der Waals surface area contributed by atoms with Crippen LogP contribution in [0.1, 0.15) is 144 Å². The molecule has 496 valence electrons. The first-order chi connectivity index (χ1) is 41.4. The van der Waals surface area contributed by atoms with Crippen molar-refractivity contribution in [1.82, 2.24) is 54.7 Å². The van der Waals surface area contributed by atoms with E-state index in [-0.39, 0.29) is 64.0 Å². The quantitative estimate of drug-likeness (QED) is 0.337. The molecule has 0 spiro atoms. The highest BCUT2D eigenvalue weighted by Gasteiger charge is 2.49. The lowest BCUT2D eigenvalue weighted by Gasteiger charge is -2.45. The Balaban J connectivity index is 1.55. The molecule has 0 aromatic heterocycles. The van der Waals surface area contributed by atoms with E-state index in [2.05, 4.69) is 17.2 Å². The van der Waals surface area contributed by atoms with E-state index in [1.165, 1.54) is 117 Å². The molecule has 22 nitrogen and oxygen atoms in total. The van der Waals surface area contributed by atoms with Crippen molar-refractivity contribution in [3.05, 3.63) is 46.5 Å². The number of hydrogen-bond donors (Lipinski definition) is 2. The Labute approximate surface area is 527 Å². The largest absolute Gasteiger partial charge is 0.417 e. The van der Waals surface area contributed by atoms with Crippen molar-refractivity contribution in [3.63, 3.8) is 0 Å². The molecule has 9 atom stereocenters. The maximum atomic E-state index is 15.0. The van der Waals surface area contributed by atoms with E-state index in [1.807, 2.05) is 0 Å². The van der Waals surface area contributed by atoms with E-state index in [0.29, 0.717) is 17.6 Å². The number of amides is 11. The van der Waals surface area contributed by atoms with Crippen LogP contribution < -0.4 is 10.6 Å². The highest BCUT2D eigenvalue weighted by atomic mass is 35.5. The molecular weight excluding hydrogens is 1180 g/mol. The first kappa shape index (κ1) is 73.0. The van der Waals surface area contributed by atoms with Crippen LogP contribution in [0.3, 0.4) is 0 Å². The number of benzene rings is 1. The van der Waals surface area contributed by atoms with Crippen LogP contribution in [0.5, 0.6) is 0 Å². The third-order valence-electron chi connectivity index (χ3n) is 19.1. The summed E-state index contributed by atoms with van der Waals surface area (Å²) in [4.78, 5) is 171. The summed E-state index contributed by atoms with van der Waals surface area (Å²) in [6, 6.07) is -7.09. The molecule has 3 saturated heterocycles. The average Bonchev–Trinajstić information content (AvgIpc) is 3.64. The second-order valence-corrected chi connectivity index (χ2v) is 26.1. The highest BCUT2D eigenvalue weighted by Crippen LogP contribution is 2.36. The highest BCUT2D eigenvalue weighted by molar-refractivity contribution is 6.31. The molecule has 89 heavy (non-hydrogen) atoms. The second kappa shape index (κ2) is 30.3. The van der Waals surface area contributed by atoms with Gasteiger partial charge in [0.2, 0.25) is 65.0 Å². The molecule has 0 unspecified atom stereocenters. The molecule has 4 aliphatic rings. The number of alkyl halides is 3. The number of nitrogens with one attached hydrogen (secondary N) is 2. The minimum atomic E-state index is -4.75. The molecule has 1 aromatic carbocycles. The molecule has 1 aliphatic carbocycles. The van der Waals surface area contributed by atoms with Crippen molar-refractivity contribution in [2.24, 2.45) is 11.8 Å². The van der Waals surface area contributed by atoms with Gasteiger partial charge < -0.3 is 54.7 Å². The van der Waals surface area contributed by atoms with Crippen LogP contribution in [0, 0.1) is 11.8 Å². The summed E-state index contributed by atoms with van der Waals surface area (Å²) in [5, 5.41) is 4.89. The van der Waals surface area contributed by atoms with Crippen LogP contribution in [0.15, 0.2) is 30.4 Å². The summed E-state index contributed by atoms with van der Waals surface area (Å²) in [5.74, 6) is -7.45. The summed E-state index contributed by atoms with van der Waals surface area (Å²) >= 11 is 6.11. The van der Waals surface area contributed by atoms with E-state index in [4.69, 9.17) is 11.6 Å². The molecule has 1 saturated carbocycles. The Morgan fingerprint density at radius 2 is 1.29 bits per heavy atom. The van der Waals surface area contributed by atoms with E-state index >= 15 is 0 Å². The predicted molar refractivity (Wildman–Crippen MR) is 328 cm³/mol. The Morgan fingerprint density at radius 3 is 1.85 bits per heavy atom. The van der Waals surface area contributed by atoms with Crippen LogP contribution in [0.2, 0.25) is 5.02 Å². The zero-order valence-corrected chi connectivity index (χ0v) is 55.4. The number of hydrogen-bond acceptors (Lipinski definition) is 11. The number of aryl methyl sites for hydroxylation is 1. The van der Waals surface area contributed by atoms with Gasteiger partial charge in [0.25, 0.3) is 0 Å². The van der Waals surface area contributed by atoms with Crippen LogP contribution in [-0.4, -0.2) is 238 Å². The number of carbonyl (C=O) groups excluding carboxylic acids is 11. The minimum Gasteiger partial charge on any atom is -0.343 e. The van der Waals surface area contributed by atoms with Crippen LogP contribution in [0.4, 0.5) is 13.2 Å². The van der Waals surface area contributed by atoms with Gasteiger partial charge in [-0.1, -0.05) is 77.1 Å². The molecule has 4 fully saturated rings. The summed E-state index contributed by atoms with van der Waals surface area (Å²) in [6.07, 6.45) is 0.310. The van der Waals surface area contributed by atoms with Gasteiger partial charge in [-0.15, -0.1) is 0 Å². The summed E-state index contributed by atoms with van der Waals surface area (Å²) in [7, 11) is 9.97. The Bertz CT molecular complexity index is 2850. The number of likely N-dealkylation sites (N-methyl/N-ethyl adjacent to an activating group) is 7. The van der Waals surface area contributed by atoms with Crippen molar-refractivity contribution in [2.45, 2.75) is 205 Å². The zero-order chi connectivity index (χ0) is 67.1. The molecule has 3 heterocycles. The SMILES string of the molecule is C=C(CC)[C@@H]1NC(=O)[C@H](C)N(C)C(=O)C[C@@H](C)N(C)C(=O)[C@H](C(C)C)N(C)C(=O)C(C)(C)N(C)C(=O)[C@@H]2CCCN2C(=O)[C@H](CCc2ccc(C(F)(F)F)c(Cl)c2)NC(=O)CN(C)C(=O)[C@H](CC2CCCCC2)N(C)C(=O)[C@@H]2CCN2C(=O)[C@H](C)N(C)C1=O. The monoisotopic (exact) mass is 1270 g/mol. The molecule has 0 bridgehead atoms. The fourth-order valence-electron chi connectivity index (χ4n) is 12.3. The number of rotatable bonds is 8. The number of fused-ring (bicyclic) bond motifs is 2. The van der Waals surface area contributed by atoms with Gasteiger partial charge in [-0.25, -0.2) is 0 Å². The van der Waals surface area contributed by atoms with Crippen molar-refractivity contribution in [1.29, 1.82) is 0 Å². The second-order valence-electron chi connectivity index (χ2n) is 25.7. The van der Waals surface area contributed by atoms with Crippen molar-refractivity contribution >= 4 is 76.6 Å². The Kier molecular flexibility index (Phi) is 24.9. The fraction of sp³-hybridized carbons (Fsp3) is 0.698. The molecular formula is C63H95ClF3N11O11. The lowest BCUT2D eigenvalue weighted by atomic mass is 9.84. The topological polar surface area (TPSA) is 241 Å². The zero-order valence-electron chi connectivity index (χ0n) is 54.6. The maximum Gasteiger partial charge on any atom is 0.417 e. The molecule has 0 radical (unpaired) electrons. The van der Waals surface area contributed by atoms with Gasteiger partial charge in [0.05, 0.1) is 17.1 Å². The van der Waals surface area contributed by atoms with Crippen LogP contribution in [-0.2, 0) is 65.3 Å². The van der Waals surface area contributed by atoms with Gasteiger partial charge in [0.15, 0.2) is 0 Å². The smallest absolute Gasteiger partial charge is 0.343 e. The predicted octanol–water partition coefficient (Wildman–Crippen LogP) is 4.74. The van der Waals surface area contributed by atoms with Crippen molar-refractivity contribution in [3.8, 4) is 0 Å². The summed E-state index contributed by atoms with van der Waals surface area (Å²) < 4.78 is 41.3. The third kappa shape index (κ3) is 16.8. The number of halogens is 4. The third-order valence-corrected chi connectivity index (χ3v) is 19.4. The molecule has 11 amide bonds.